The van der Waals surface area contributed by atoms with Crippen LogP contribution in [-0.4, -0.2) is 41.0 Å². The Kier molecular flexibility index (Phi) is 6.87. The molecule has 154 valence electrons. The van der Waals surface area contributed by atoms with Crippen molar-refractivity contribution in [1.82, 2.24) is 14.9 Å². The Morgan fingerprint density at radius 3 is 2.59 bits per heavy atom. The minimum atomic E-state index is -0.193. The number of carbonyl (C=O) groups excluding carboxylic acids is 1. The first-order valence-corrected chi connectivity index (χ1v) is 10.5. The van der Waals surface area contributed by atoms with Crippen molar-refractivity contribution in [3.8, 4) is 11.5 Å². The van der Waals surface area contributed by atoms with E-state index in [9.17, 15) is 9.59 Å². The van der Waals surface area contributed by atoms with Crippen LogP contribution in [0, 0.1) is 0 Å². The lowest BCUT2D eigenvalue weighted by atomic mass is 10.1. The first-order valence-electron chi connectivity index (χ1n) is 9.65. The number of nitrogens with one attached hydrogen (secondary N) is 1. The SMILES string of the molecule is CCCOc1ccc(C(=O)N(C)Cc2nc3ccsc3c(=O)[nH]2)cc1OCCC. The summed E-state index contributed by atoms with van der Waals surface area (Å²) in [6.45, 7) is 5.37. The number of aromatic amines is 1. The molecule has 0 saturated carbocycles. The fourth-order valence-electron chi connectivity index (χ4n) is 2.81. The summed E-state index contributed by atoms with van der Waals surface area (Å²) in [6, 6.07) is 6.99. The Morgan fingerprint density at radius 2 is 1.86 bits per heavy atom. The van der Waals surface area contributed by atoms with E-state index in [2.05, 4.69) is 9.97 Å². The third kappa shape index (κ3) is 4.95. The summed E-state index contributed by atoms with van der Waals surface area (Å²) in [5.74, 6) is 1.45. The molecule has 0 spiro atoms. The molecule has 8 heteroatoms. The van der Waals surface area contributed by atoms with Crippen LogP contribution >= 0.6 is 11.3 Å². The molecule has 1 aromatic carbocycles. The smallest absolute Gasteiger partial charge is 0.268 e. The molecule has 7 nitrogen and oxygen atoms in total. The normalized spacial score (nSPS) is 10.9. The zero-order valence-corrected chi connectivity index (χ0v) is 17.7. The van der Waals surface area contributed by atoms with Gasteiger partial charge >= 0.3 is 0 Å². The van der Waals surface area contributed by atoms with Gasteiger partial charge in [-0.2, -0.15) is 0 Å². The Bertz CT molecular complexity index is 1040. The zero-order valence-electron chi connectivity index (χ0n) is 16.9. The van der Waals surface area contributed by atoms with E-state index in [1.165, 1.54) is 16.2 Å². The number of aromatic nitrogens is 2. The van der Waals surface area contributed by atoms with Crippen LogP contribution in [0.5, 0.6) is 11.5 Å². The van der Waals surface area contributed by atoms with Gasteiger partial charge in [0.1, 0.15) is 10.5 Å². The second kappa shape index (κ2) is 9.56. The van der Waals surface area contributed by atoms with E-state index < -0.39 is 0 Å². The van der Waals surface area contributed by atoms with Gasteiger partial charge in [-0.25, -0.2) is 4.98 Å². The quantitative estimate of drug-likeness (QED) is 0.574. The summed E-state index contributed by atoms with van der Waals surface area (Å²) in [6.07, 6.45) is 1.74. The number of rotatable bonds is 9. The Labute approximate surface area is 173 Å². The number of H-pyrrole nitrogens is 1. The van der Waals surface area contributed by atoms with E-state index in [1.54, 1.807) is 31.3 Å². The van der Waals surface area contributed by atoms with Crippen molar-refractivity contribution < 1.29 is 14.3 Å². The average Bonchev–Trinajstić information content (AvgIpc) is 3.19. The topological polar surface area (TPSA) is 84.5 Å². The van der Waals surface area contributed by atoms with Gasteiger partial charge in [0, 0.05) is 12.6 Å². The first-order chi connectivity index (χ1) is 14.0. The molecular weight excluding hydrogens is 390 g/mol. The van der Waals surface area contributed by atoms with E-state index >= 15 is 0 Å². The van der Waals surface area contributed by atoms with Crippen LogP contribution in [0.3, 0.4) is 0 Å². The number of thiophene rings is 1. The Morgan fingerprint density at radius 1 is 1.14 bits per heavy atom. The van der Waals surface area contributed by atoms with Crippen molar-refractivity contribution in [3.63, 3.8) is 0 Å². The van der Waals surface area contributed by atoms with Gasteiger partial charge < -0.3 is 19.4 Å². The summed E-state index contributed by atoms with van der Waals surface area (Å²) in [7, 11) is 1.67. The highest BCUT2D eigenvalue weighted by atomic mass is 32.1. The maximum Gasteiger partial charge on any atom is 0.268 e. The molecule has 0 atom stereocenters. The molecule has 0 saturated heterocycles. The molecule has 0 aliphatic carbocycles. The fourth-order valence-corrected chi connectivity index (χ4v) is 3.54. The number of ether oxygens (including phenoxy) is 2. The number of hydrogen-bond donors (Lipinski definition) is 1. The van der Waals surface area contributed by atoms with Gasteiger partial charge in [-0.15, -0.1) is 11.3 Å². The highest BCUT2D eigenvalue weighted by molar-refractivity contribution is 7.17. The first kappa shape index (κ1) is 20.9. The molecule has 1 amide bonds. The molecule has 0 fully saturated rings. The highest BCUT2D eigenvalue weighted by Crippen LogP contribution is 2.29. The van der Waals surface area contributed by atoms with E-state index in [-0.39, 0.29) is 18.0 Å². The maximum atomic E-state index is 12.9. The number of fused-ring (bicyclic) bond motifs is 1. The van der Waals surface area contributed by atoms with Gasteiger partial charge in [0.05, 0.1) is 25.3 Å². The third-order valence-corrected chi connectivity index (χ3v) is 5.11. The van der Waals surface area contributed by atoms with Gasteiger partial charge in [0.25, 0.3) is 11.5 Å². The monoisotopic (exact) mass is 415 g/mol. The van der Waals surface area contributed by atoms with Crippen molar-refractivity contribution in [3.05, 3.63) is 51.4 Å². The molecule has 3 aromatic rings. The van der Waals surface area contributed by atoms with Crippen LogP contribution in [0.4, 0.5) is 0 Å². The minimum Gasteiger partial charge on any atom is -0.490 e. The van der Waals surface area contributed by atoms with Crippen molar-refractivity contribution >= 4 is 27.5 Å². The predicted molar refractivity (Wildman–Crippen MR) is 114 cm³/mol. The third-order valence-electron chi connectivity index (χ3n) is 4.21. The minimum absolute atomic E-state index is 0.187. The van der Waals surface area contributed by atoms with Gasteiger partial charge in [-0.3, -0.25) is 9.59 Å². The van der Waals surface area contributed by atoms with E-state index in [4.69, 9.17) is 9.47 Å². The van der Waals surface area contributed by atoms with Crippen LogP contribution in [0.2, 0.25) is 0 Å². The average molecular weight is 416 g/mol. The standard InChI is InChI=1S/C21H25N3O4S/c1-4-9-27-16-7-6-14(12-17(16)28-10-5-2)21(26)24(3)13-18-22-15-8-11-29-19(15)20(25)23-18/h6-8,11-12H,4-5,9-10,13H2,1-3H3,(H,22,23,25). The number of hydrogen-bond acceptors (Lipinski definition) is 6. The summed E-state index contributed by atoms with van der Waals surface area (Å²) in [4.78, 5) is 33.7. The Hall–Kier alpha value is -2.87. The summed E-state index contributed by atoms with van der Waals surface area (Å²) in [5.41, 5.74) is 0.942. The second-order valence-corrected chi connectivity index (χ2v) is 7.58. The molecule has 3 rings (SSSR count). The van der Waals surface area contributed by atoms with Crippen LogP contribution in [0.1, 0.15) is 42.9 Å². The lowest BCUT2D eigenvalue weighted by Crippen LogP contribution is -2.28. The second-order valence-electron chi connectivity index (χ2n) is 6.67. The van der Waals surface area contributed by atoms with E-state index in [1.807, 2.05) is 19.2 Å². The molecule has 29 heavy (non-hydrogen) atoms. The van der Waals surface area contributed by atoms with E-state index in [0.717, 1.165) is 12.8 Å². The fraction of sp³-hybridized carbons (Fsp3) is 0.381. The van der Waals surface area contributed by atoms with Crippen molar-refractivity contribution in [2.45, 2.75) is 33.2 Å². The lowest BCUT2D eigenvalue weighted by molar-refractivity contribution is 0.0781. The van der Waals surface area contributed by atoms with Gasteiger partial charge in [-0.05, 0) is 42.5 Å². The van der Waals surface area contributed by atoms with Crippen LogP contribution in [0.25, 0.3) is 10.2 Å². The zero-order chi connectivity index (χ0) is 20.8. The lowest BCUT2D eigenvalue weighted by Gasteiger charge is -2.18. The van der Waals surface area contributed by atoms with Crippen molar-refractivity contribution in [2.75, 3.05) is 20.3 Å². The van der Waals surface area contributed by atoms with Crippen LogP contribution in [-0.2, 0) is 6.54 Å². The van der Waals surface area contributed by atoms with Gasteiger partial charge in [0.15, 0.2) is 11.5 Å². The Balaban J connectivity index is 1.79. The number of carbonyl (C=O) groups is 1. The molecule has 0 aliphatic rings. The summed E-state index contributed by atoms with van der Waals surface area (Å²) in [5, 5.41) is 1.82. The molecule has 0 radical (unpaired) electrons. The predicted octanol–water partition coefficient (Wildman–Crippen LogP) is 3.83. The van der Waals surface area contributed by atoms with Crippen molar-refractivity contribution in [2.24, 2.45) is 0 Å². The molecule has 2 aromatic heterocycles. The maximum absolute atomic E-state index is 12.9. The molecule has 0 bridgehead atoms. The summed E-state index contributed by atoms with van der Waals surface area (Å²) >= 11 is 1.35. The van der Waals surface area contributed by atoms with Gasteiger partial charge in [-0.1, -0.05) is 13.8 Å². The molecule has 0 unspecified atom stereocenters. The van der Waals surface area contributed by atoms with Crippen molar-refractivity contribution in [1.29, 1.82) is 0 Å². The number of amides is 1. The molecule has 1 N–H and O–H groups in total. The molecular formula is C21H25N3O4S. The van der Waals surface area contributed by atoms with E-state index in [0.29, 0.717) is 46.3 Å². The number of benzene rings is 1. The van der Waals surface area contributed by atoms with Crippen LogP contribution in [0.15, 0.2) is 34.4 Å². The molecule has 2 heterocycles. The molecule has 0 aliphatic heterocycles. The largest absolute Gasteiger partial charge is 0.490 e. The van der Waals surface area contributed by atoms with Crippen LogP contribution < -0.4 is 15.0 Å². The summed E-state index contributed by atoms with van der Waals surface area (Å²) < 4.78 is 12.1. The number of nitrogens with zero attached hydrogens (tertiary/aromatic N) is 2. The highest BCUT2D eigenvalue weighted by Gasteiger charge is 2.17. The van der Waals surface area contributed by atoms with Gasteiger partial charge in [0.2, 0.25) is 0 Å².